The van der Waals surface area contributed by atoms with Gasteiger partial charge in [-0.15, -0.1) is 0 Å². The molecule has 0 aromatic heterocycles. The van der Waals surface area contributed by atoms with Crippen molar-refractivity contribution >= 4 is 15.7 Å². The van der Waals surface area contributed by atoms with Crippen LogP contribution in [0.2, 0.25) is 0 Å². The Morgan fingerprint density at radius 1 is 1.20 bits per heavy atom. The van der Waals surface area contributed by atoms with Gasteiger partial charge in [0.2, 0.25) is 10.0 Å². The van der Waals surface area contributed by atoms with E-state index in [1.165, 1.54) is 4.31 Å². The van der Waals surface area contributed by atoms with Crippen LogP contribution in [0.15, 0.2) is 29.2 Å². The molecule has 1 saturated heterocycles. The van der Waals surface area contributed by atoms with E-state index < -0.39 is 10.0 Å². The quantitative estimate of drug-likeness (QED) is 0.922. The molecule has 1 N–H and O–H groups in total. The second kappa shape index (κ2) is 6.11. The maximum atomic E-state index is 12.6. The summed E-state index contributed by atoms with van der Waals surface area (Å²) in [6, 6.07) is 6.89. The average molecular weight is 298 g/mol. The number of benzene rings is 1. The van der Waals surface area contributed by atoms with Crippen molar-refractivity contribution in [2.75, 3.05) is 25.0 Å². The Morgan fingerprint density at radius 3 is 2.25 bits per heavy atom. The number of ether oxygens (including phenoxy) is 1. The lowest BCUT2D eigenvalue weighted by molar-refractivity contribution is -0.0440. The highest BCUT2D eigenvalue weighted by Crippen LogP contribution is 2.22. The molecule has 0 spiro atoms. The van der Waals surface area contributed by atoms with Crippen LogP contribution in [0.3, 0.4) is 0 Å². The van der Waals surface area contributed by atoms with E-state index in [0.717, 1.165) is 12.2 Å². The number of morpholine rings is 1. The normalized spacial score (nSPS) is 24.6. The van der Waals surface area contributed by atoms with E-state index in [1.807, 2.05) is 20.8 Å². The number of nitrogens with zero attached hydrogens (tertiary/aromatic N) is 1. The molecule has 1 aliphatic heterocycles. The summed E-state index contributed by atoms with van der Waals surface area (Å²) in [4.78, 5) is 0.334. The molecule has 6 heteroatoms. The number of hydrogen-bond donors (Lipinski definition) is 1. The first-order valence-electron chi connectivity index (χ1n) is 6.93. The SMILES string of the molecule is CCNc1ccc(S(=O)(=O)N2C[C@@H](C)O[C@@H](C)C2)cc1. The predicted octanol–water partition coefficient (Wildman–Crippen LogP) is 1.92. The van der Waals surface area contributed by atoms with E-state index in [-0.39, 0.29) is 12.2 Å². The lowest BCUT2D eigenvalue weighted by atomic mass is 10.3. The third-order valence-electron chi connectivity index (χ3n) is 3.26. The molecule has 2 atom stereocenters. The second-order valence-corrected chi connectivity index (χ2v) is 7.07. The molecule has 1 aromatic rings. The number of nitrogens with one attached hydrogen (secondary N) is 1. The smallest absolute Gasteiger partial charge is 0.243 e. The molecule has 1 fully saturated rings. The third kappa shape index (κ3) is 3.31. The van der Waals surface area contributed by atoms with E-state index in [4.69, 9.17) is 4.74 Å². The zero-order valence-electron chi connectivity index (χ0n) is 12.2. The van der Waals surface area contributed by atoms with Crippen molar-refractivity contribution in [2.24, 2.45) is 0 Å². The molecule has 0 bridgehead atoms. The second-order valence-electron chi connectivity index (χ2n) is 5.13. The summed E-state index contributed by atoms with van der Waals surface area (Å²) < 4.78 is 32.3. The molecule has 1 heterocycles. The Hall–Kier alpha value is -1.11. The van der Waals surface area contributed by atoms with Crippen LogP contribution in [-0.2, 0) is 14.8 Å². The minimum absolute atomic E-state index is 0.0745. The summed E-state index contributed by atoms with van der Waals surface area (Å²) in [5.74, 6) is 0. The van der Waals surface area contributed by atoms with Crippen LogP contribution in [0.25, 0.3) is 0 Å². The van der Waals surface area contributed by atoms with Gasteiger partial charge in [-0.3, -0.25) is 0 Å². The summed E-state index contributed by atoms with van der Waals surface area (Å²) in [5.41, 5.74) is 0.926. The minimum Gasteiger partial charge on any atom is -0.385 e. The Morgan fingerprint density at radius 2 is 1.75 bits per heavy atom. The molecule has 0 unspecified atom stereocenters. The maximum Gasteiger partial charge on any atom is 0.243 e. The summed E-state index contributed by atoms with van der Waals surface area (Å²) in [6.45, 7) is 7.41. The highest BCUT2D eigenvalue weighted by Gasteiger charge is 2.32. The maximum absolute atomic E-state index is 12.6. The molecule has 0 radical (unpaired) electrons. The van der Waals surface area contributed by atoms with E-state index >= 15 is 0 Å². The van der Waals surface area contributed by atoms with Crippen LogP contribution in [0.1, 0.15) is 20.8 Å². The highest BCUT2D eigenvalue weighted by molar-refractivity contribution is 7.89. The summed E-state index contributed by atoms with van der Waals surface area (Å²) in [5, 5.41) is 3.15. The summed E-state index contributed by atoms with van der Waals surface area (Å²) >= 11 is 0. The van der Waals surface area contributed by atoms with Gasteiger partial charge in [-0.25, -0.2) is 8.42 Å². The molecule has 112 valence electrons. The van der Waals surface area contributed by atoms with E-state index in [1.54, 1.807) is 24.3 Å². The molecule has 0 amide bonds. The Labute approximate surface area is 121 Å². The minimum atomic E-state index is -3.43. The van der Waals surface area contributed by atoms with Gasteiger partial charge in [0, 0.05) is 25.3 Å². The van der Waals surface area contributed by atoms with Crippen molar-refractivity contribution in [1.29, 1.82) is 0 Å². The molecule has 0 saturated carbocycles. The molecular formula is C14H22N2O3S. The van der Waals surface area contributed by atoms with Gasteiger partial charge in [0.1, 0.15) is 0 Å². The number of sulfonamides is 1. The van der Waals surface area contributed by atoms with Crippen LogP contribution in [0.5, 0.6) is 0 Å². The topological polar surface area (TPSA) is 58.6 Å². The Kier molecular flexibility index (Phi) is 4.67. The van der Waals surface area contributed by atoms with Gasteiger partial charge in [-0.05, 0) is 45.0 Å². The molecule has 0 aliphatic carbocycles. The van der Waals surface area contributed by atoms with Gasteiger partial charge in [-0.1, -0.05) is 0 Å². The summed E-state index contributed by atoms with van der Waals surface area (Å²) in [6.07, 6.45) is -0.149. The van der Waals surface area contributed by atoms with Gasteiger partial charge < -0.3 is 10.1 Å². The van der Waals surface area contributed by atoms with Crippen molar-refractivity contribution in [3.8, 4) is 0 Å². The van der Waals surface area contributed by atoms with Crippen molar-refractivity contribution in [2.45, 2.75) is 37.9 Å². The zero-order chi connectivity index (χ0) is 14.8. The highest BCUT2D eigenvalue weighted by atomic mass is 32.2. The van der Waals surface area contributed by atoms with Crippen molar-refractivity contribution < 1.29 is 13.2 Å². The monoisotopic (exact) mass is 298 g/mol. The number of anilines is 1. The van der Waals surface area contributed by atoms with Gasteiger partial charge in [0.25, 0.3) is 0 Å². The fourth-order valence-corrected chi connectivity index (χ4v) is 4.02. The standard InChI is InChI=1S/C14H22N2O3S/c1-4-15-13-5-7-14(8-6-13)20(17,18)16-9-11(2)19-12(3)10-16/h5-8,11-12,15H,4,9-10H2,1-3H3/t11-,12+. The van der Waals surface area contributed by atoms with Crippen LogP contribution in [0.4, 0.5) is 5.69 Å². The van der Waals surface area contributed by atoms with Crippen LogP contribution in [0, 0.1) is 0 Å². The van der Waals surface area contributed by atoms with Crippen molar-refractivity contribution in [1.82, 2.24) is 4.31 Å². The number of hydrogen-bond acceptors (Lipinski definition) is 4. The largest absolute Gasteiger partial charge is 0.385 e. The van der Waals surface area contributed by atoms with E-state index in [9.17, 15) is 8.42 Å². The fourth-order valence-electron chi connectivity index (χ4n) is 2.42. The van der Waals surface area contributed by atoms with Crippen molar-refractivity contribution in [3.05, 3.63) is 24.3 Å². The van der Waals surface area contributed by atoms with Gasteiger partial charge in [-0.2, -0.15) is 4.31 Å². The Balaban J connectivity index is 2.21. The third-order valence-corrected chi connectivity index (χ3v) is 5.10. The van der Waals surface area contributed by atoms with Gasteiger partial charge in [0.05, 0.1) is 17.1 Å². The first kappa shape index (κ1) is 15.3. The molecule has 1 aromatic carbocycles. The lowest BCUT2D eigenvalue weighted by Crippen LogP contribution is -2.48. The Bertz CT molecular complexity index is 532. The molecule has 20 heavy (non-hydrogen) atoms. The lowest BCUT2D eigenvalue weighted by Gasteiger charge is -2.34. The van der Waals surface area contributed by atoms with E-state index in [0.29, 0.717) is 18.0 Å². The molecule has 5 nitrogen and oxygen atoms in total. The predicted molar refractivity (Wildman–Crippen MR) is 79.4 cm³/mol. The van der Waals surface area contributed by atoms with Crippen LogP contribution in [-0.4, -0.2) is 44.6 Å². The molecule has 1 aliphatic rings. The first-order valence-corrected chi connectivity index (χ1v) is 8.37. The fraction of sp³-hybridized carbons (Fsp3) is 0.571. The number of rotatable bonds is 4. The van der Waals surface area contributed by atoms with Crippen LogP contribution >= 0.6 is 0 Å². The van der Waals surface area contributed by atoms with Gasteiger partial charge >= 0.3 is 0 Å². The average Bonchev–Trinajstić information content (AvgIpc) is 2.38. The molecule has 2 rings (SSSR count). The van der Waals surface area contributed by atoms with E-state index in [2.05, 4.69) is 5.32 Å². The zero-order valence-corrected chi connectivity index (χ0v) is 13.0. The first-order chi connectivity index (χ1) is 9.43. The molecular weight excluding hydrogens is 276 g/mol. The van der Waals surface area contributed by atoms with Gasteiger partial charge in [0.15, 0.2) is 0 Å². The van der Waals surface area contributed by atoms with Crippen molar-refractivity contribution in [3.63, 3.8) is 0 Å². The summed E-state index contributed by atoms with van der Waals surface area (Å²) in [7, 11) is -3.43. The van der Waals surface area contributed by atoms with Crippen LogP contribution < -0.4 is 5.32 Å².